The molecular formula is C53H52N4O. The van der Waals surface area contributed by atoms with E-state index in [1.54, 1.807) is 0 Å². The highest BCUT2D eigenvalue weighted by molar-refractivity contribution is 6.09. The Kier molecular flexibility index (Phi) is 9.15. The second kappa shape index (κ2) is 14.2. The number of hydrogen-bond acceptors (Lipinski definition) is 4. The Balaban J connectivity index is 1.22. The van der Waals surface area contributed by atoms with E-state index in [0.717, 1.165) is 50.7 Å². The van der Waals surface area contributed by atoms with Gasteiger partial charge in [0.25, 0.3) is 0 Å². The van der Waals surface area contributed by atoms with Crippen LogP contribution in [-0.2, 0) is 10.8 Å². The minimum absolute atomic E-state index is 0.0114. The molecule has 3 heterocycles. The van der Waals surface area contributed by atoms with Crippen LogP contribution in [0.25, 0.3) is 38.8 Å². The number of nitrogens with zero attached hydrogens (tertiary/aromatic N) is 4. The first kappa shape index (κ1) is 37.3. The molecule has 9 rings (SSSR count). The lowest BCUT2D eigenvalue weighted by Crippen LogP contribution is -2.24. The smallest absolute Gasteiger partial charge is 0.137 e. The first-order valence-corrected chi connectivity index (χ1v) is 20.5. The molecule has 0 radical (unpaired) electrons. The lowest BCUT2D eigenvalue weighted by Gasteiger charge is -2.28. The van der Waals surface area contributed by atoms with Crippen LogP contribution < -0.4 is 14.5 Å². The van der Waals surface area contributed by atoms with Crippen LogP contribution in [0.1, 0.15) is 78.0 Å². The third kappa shape index (κ3) is 6.68. The summed E-state index contributed by atoms with van der Waals surface area (Å²) in [5.41, 5.74) is 13.0. The van der Waals surface area contributed by atoms with Crippen molar-refractivity contribution in [1.82, 2.24) is 9.55 Å². The van der Waals surface area contributed by atoms with Crippen LogP contribution in [0, 0.1) is 0 Å². The number of benzene rings is 6. The molecule has 0 bridgehead atoms. The van der Waals surface area contributed by atoms with Gasteiger partial charge < -0.3 is 14.5 Å². The average molecular weight is 761 g/mol. The van der Waals surface area contributed by atoms with Crippen molar-refractivity contribution in [3.05, 3.63) is 168 Å². The first-order valence-electron chi connectivity index (χ1n) is 20.5. The highest BCUT2D eigenvalue weighted by Crippen LogP contribution is 2.48. The average Bonchev–Trinajstić information content (AvgIpc) is 3.76. The van der Waals surface area contributed by atoms with Crippen LogP contribution in [0.15, 0.2) is 152 Å². The van der Waals surface area contributed by atoms with Crippen LogP contribution in [0.4, 0.5) is 22.7 Å². The molecule has 58 heavy (non-hydrogen) atoms. The highest BCUT2D eigenvalue weighted by Gasteiger charge is 2.30. The third-order valence-corrected chi connectivity index (χ3v) is 11.6. The molecule has 0 aliphatic carbocycles. The fraction of sp³-hybridized carbons (Fsp3) is 0.226. The maximum Gasteiger partial charge on any atom is 0.137 e. The molecule has 1 aliphatic rings. The number of hydrogen-bond donors (Lipinski definition) is 0. The maximum atomic E-state index is 7.07. The van der Waals surface area contributed by atoms with E-state index in [1.807, 2.05) is 6.20 Å². The van der Waals surface area contributed by atoms with Gasteiger partial charge >= 0.3 is 0 Å². The summed E-state index contributed by atoms with van der Waals surface area (Å²) in [6, 6.07) is 52.4. The van der Waals surface area contributed by atoms with Crippen LogP contribution in [0.5, 0.6) is 11.5 Å². The first-order chi connectivity index (χ1) is 27.8. The molecule has 0 spiro atoms. The van der Waals surface area contributed by atoms with Crippen molar-refractivity contribution in [3.63, 3.8) is 0 Å². The molecule has 0 atom stereocenters. The van der Waals surface area contributed by atoms with Crippen molar-refractivity contribution < 1.29 is 4.74 Å². The molecule has 0 fully saturated rings. The number of para-hydroxylation sites is 4. The van der Waals surface area contributed by atoms with Gasteiger partial charge in [-0.05, 0) is 111 Å². The largest absolute Gasteiger partial charge is 0.457 e. The molecule has 0 unspecified atom stereocenters. The summed E-state index contributed by atoms with van der Waals surface area (Å²) < 4.78 is 9.35. The molecule has 0 N–H and O–H groups in total. The Hall–Kier alpha value is -6.33. The van der Waals surface area contributed by atoms with Gasteiger partial charge in [-0.3, -0.25) is 4.57 Å². The Morgan fingerprint density at radius 2 is 1.26 bits per heavy atom. The third-order valence-electron chi connectivity index (χ3n) is 11.6. The van der Waals surface area contributed by atoms with E-state index in [1.165, 1.54) is 39.0 Å². The van der Waals surface area contributed by atoms with E-state index >= 15 is 0 Å². The predicted molar refractivity (Wildman–Crippen MR) is 244 cm³/mol. The van der Waals surface area contributed by atoms with Crippen LogP contribution in [-0.4, -0.2) is 16.2 Å². The molecule has 1 aliphatic heterocycles. The van der Waals surface area contributed by atoms with Gasteiger partial charge in [0.2, 0.25) is 0 Å². The minimum atomic E-state index is -0.0710. The van der Waals surface area contributed by atoms with Crippen molar-refractivity contribution in [2.75, 3.05) is 16.5 Å². The lowest BCUT2D eigenvalue weighted by molar-refractivity contribution is 0.483. The van der Waals surface area contributed by atoms with Crippen molar-refractivity contribution in [1.29, 1.82) is 0 Å². The molecule has 0 saturated heterocycles. The zero-order chi connectivity index (χ0) is 40.3. The lowest BCUT2D eigenvalue weighted by atomic mass is 9.78. The van der Waals surface area contributed by atoms with E-state index in [-0.39, 0.29) is 10.8 Å². The SMILES string of the molecule is CC(C)c1cccc(C(C)(C)C)c1-c1cc(Oc2ccc3c4ccccc4n(-c4cc(C(C)(C)C)ccn4)c3c2)cc(N2CN(c3ccccc3)c3ccccc32)c1. The predicted octanol–water partition coefficient (Wildman–Crippen LogP) is 14.6. The van der Waals surface area contributed by atoms with Gasteiger partial charge in [0.05, 0.1) is 22.4 Å². The number of fused-ring (bicyclic) bond motifs is 4. The molecule has 5 nitrogen and oxygen atoms in total. The van der Waals surface area contributed by atoms with Crippen LogP contribution in [0.2, 0.25) is 0 Å². The monoisotopic (exact) mass is 760 g/mol. The summed E-state index contributed by atoms with van der Waals surface area (Å²) >= 11 is 0. The summed E-state index contributed by atoms with van der Waals surface area (Å²) in [5, 5.41) is 2.35. The Bertz CT molecular complexity index is 2800. The van der Waals surface area contributed by atoms with Crippen molar-refractivity contribution in [3.8, 4) is 28.4 Å². The molecule has 0 saturated carbocycles. The molecular weight excluding hydrogens is 709 g/mol. The number of rotatable bonds is 7. The maximum absolute atomic E-state index is 7.07. The molecule has 6 aromatic carbocycles. The van der Waals surface area contributed by atoms with Crippen molar-refractivity contribution in [2.45, 2.75) is 72.1 Å². The number of anilines is 4. The Morgan fingerprint density at radius 3 is 1.98 bits per heavy atom. The van der Waals surface area contributed by atoms with Gasteiger partial charge in [-0.1, -0.05) is 122 Å². The summed E-state index contributed by atoms with van der Waals surface area (Å²) in [6.45, 7) is 18.9. The minimum Gasteiger partial charge on any atom is -0.457 e. The molecule has 290 valence electrons. The number of aromatic nitrogens is 2. The second-order valence-corrected chi connectivity index (χ2v) is 18.0. The summed E-state index contributed by atoms with van der Waals surface area (Å²) in [5.74, 6) is 2.79. The Morgan fingerprint density at radius 1 is 0.569 bits per heavy atom. The normalized spacial score (nSPS) is 13.2. The van der Waals surface area contributed by atoms with Gasteiger partial charge in [0, 0.05) is 40.5 Å². The topological polar surface area (TPSA) is 33.5 Å². The quantitative estimate of drug-likeness (QED) is 0.162. The van der Waals surface area contributed by atoms with E-state index < -0.39 is 0 Å². The summed E-state index contributed by atoms with van der Waals surface area (Å²) in [6.07, 6.45) is 1.93. The summed E-state index contributed by atoms with van der Waals surface area (Å²) in [7, 11) is 0. The zero-order valence-electron chi connectivity index (χ0n) is 34.9. The molecule has 5 heteroatoms. The molecule has 2 aromatic heterocycles. The van der Waals surface area contributed by atoms with E-state index in [0.29, 0.717) is 12.6 Å². The second-order valence-electron chi connectivity index (χ2n) is 18.0. The number of pyridine rings is 1. The van der Waals surface area contributed by atoms with Crippen LogP contribution in [0.3, 0.4) is 0 Å². The van der Waals surface area contributed by atoms with Gasteiger partial charge in [-0.2, -0.15) is 0 Å². The standard InChI is InChI=1S/C53H52N4O/c1-35(2)42-20-16-21-45(53(6,7)8)51(42)36-29-39(56-34-55(38-17-10-9-11-18-38)47-23-14-15-24-48(47)56)32-41(30-36)58-40-25-26-44-43-19-12-13-22-46(43)57(49(44)33-40)50-31-37(27-28-54-50)52(3,4)5/h9-33,35H,34H2,1-8H3. The van der Waals surface area contributed by atoms with Crippen molar-refractivity contribution >= 4 is 44.6 Å². The van der Waals surface area contributed by atoms with Crippen LogP contribution >= 0.6 is 0 Å². The highest BCUT2D eigenvalue weighted by atomic mass is 16.5. The molecule has 8 aromatic rings. The fourth-order valence-electron chi connectivity index (χ4n) is 8.61. The molecule has 0 amide bonds. The van der Waals surface area contributed by atoms with E-state index in [4.69, 9.17) is 9.72 Å². The van der Waals surface area contributed by atoms with Gasteiger partial charge in [0.1, 0.15) is 24.0 Å². The fourth-order valence-corrected chi connectivity index (χ4v) is 8.61. The summed E-state index contributed by atoms with van der Waals surface area (Å²) in [4.78, 5) is 9.73. The van der Waals surface area contributed by atoms with E-state index in [9.17, 15) is 0 Å². The van der Waals surface area contributed by atoms with Gasteiger partial charge in [-0.15, -0.1) is 0 Å². The van der Waals surface area contributed by atoms with Crippen molar-refractivity contribution in [2.24, 2.45) is 0 Å². The number of ether oxygens (including phenoxy) is 1. The zero-order valence-corrected chi connectivity index (χ0v) is 34.9. The van der Waals surface area contributed by atoms with Gasteiger partial charge in [-0.25, -0.2) is 4.98 Å². The van der Waals surface area contributed by atoms with Gasteiger partial charge in [0.15, 0.2) is 0 Å². The van der Waals surface area contributed by atoms with E-state index in [2.05, 4.69) is 215 Å². The Labute approximate surface area is 343 Å².